The van der Waals surface area contributed by atoms with Gasteiger partial charge in [0.05, 0.1) is 12.1 Å². The molecular weight excluding hydrogens is 414 g/mol. The molecule has 0 amide bonds. The lowest BCUT2D eigenvalue weighted by atomic mass is 10.1. The molecule has 0 N–H and O–H groups in total. The molecule has 0 aliphatic rings. The van der Waals surface area contributed by atoms with Gasteiger partial charge in [-0.25, -0.2) is 4.98 Å². The summed E-state index contributed by atoms with van der Waals surface area (Å²) in [6.07, 6.45) is -0.0837. The van der Waals surface area contributed by atoms with Gasteiger partial charge in [0.15, 0.2) is 11.7 Å². The van der Waals surface area contributed by atoms with Crippen LogP contribution in [-0.2, 0) is 16.0 Å². The molecule has 2 heterocycles. The van der Waals surface area contributed by atoms with Crippen LogP contribution in [-0.4, -0.2) is 34.5 Å². The standard InChI is InChI=1S/C21H20F2N2O4S/c1-12-11-30-21(24-12)25-13(2)8-17(14(25)3)18(26)10-28-19(27)9-15-4-6-16(7-5-15)29-20(22)23/h4-8,11,20H,9-10H2,1-3H3. The van der Waals surface area contributed by atoms with Crippen molar-refractivity contribution < 1.29 is 27.8 Å². The molecule has 0 bridgehead atoms. The molecule has 6 nitrogen and oxygen atoms in total. The van der Waals surface area contributed by atoms with E-state index in [1.54, 1.807) is 6.07 Å². The van der Waals surface area contributed by atoms with E-state index in [0.29, 0.717) is 11.1 Å². The molecule has 2 aromatic heterocycles. The second-order valence-electron chi connectivity index (χ2n) is 6.67. The van der Waals surface area contributed by atoms with E-state index < -0.39 is 12.6 Å². The van der Waals surface area contributed by atoms with Crippen molar-refractivity contribution in [2.24, 2.45) is 0 Å². The lowest BCUT2D eigenvalue weighted by molar-refractivity contribution is -0.141. The average molecular weight is 434 g/mol. The number of carbonyl (C=O) groups is 2. The lowest BCUT2D eigenvalue weighted by Crippen LogP contribution is -2.16. The molecule has 0 saturated carbocycles. The van der Waals surface area contributed by atoms with Crippen LogP contribution in [0, 0.1) is 20.8 Å². The van der Waals surface area contributed by atoms with Crippen LogP contribution in [0.3, 0.4) is 0 Å². The van der Waals surface area contributed by atoms with Crippen LogP contribution in [0.25, 0.3) is 5.13 Å². The quantitative estimate of drug-likeness (QED) is 0.388. The van der Waals surface area contributed by atoms with E-state index in [2.05, 4.69) is 9.72 Å². The van der Waals surface area contributed by atoms with Gasteiger partial charge in [-0.1, -0.05) is 12.1 Å². The van der Waals surface area contributed by atoms with E-state index >= 15 is 0 Å². The molecule has 0 saturated heterocycles. The zero-order chi connectivity index (χ0) is 21.8. The van der Waals surface area contributed by atoms with E-state index in [4.69, 9.17) is 4.74 Å². The number of carbonyl (C=O) groups excluding carboxylic acids is 2. The van der Waals surface area contributed by atoms with E-state index in [0.717, 1.165) is 22.2 Å². The second-order valence-corrected chi connectivity index (χ2v) is 7.51. The molecule has 0 unspecified atom stereocenters. The van der Waals surface area contributed by atoms with Crippen LogP contribution in [0.5, 0.6) is 5.75 Å². The third-order valence-corrected chi connectivity index (χ3v) is 5.33. The number of benzene rings is 1. The predicted molar refractivity (Wildman–Crippen MR) is 108 cm³/mol. The zero-order valence-corrected chi connectivity index (χ0v) is 17.5. The first kappa shape index (κ1) is 21.6. The first-order valence-electron chi connectivity index (χ1n) is 9.08. The van der Waals surface area contributed by atoms with Gasteiger partial charge < -0.3 is 9.47 Å². The molecule has 3 rings (SSSR count). The van der Waals surface area contributed by atoms with Gasteiger partial charge in [-0.3, -0.25) is 14.2 Å². The van der Waals surface area contributed by atoms with Crippen molar-refractivity contribution >= 4 is 23.1 Å². The Kier molecular flexibility index (Phi) is 6.61. The minimum Gasteiger partial charge on any atom is -0.457 e. The number of hydrogen-bond donors (Lipinski definition) is 0. The van der Waals surface area contributed by atoms with Crippen LogP contribution in [0.15, 0.2) is 35.7 Å². The number of rotatable bonds is 8. The number of Topliss-reactive ketones (excluding diaryl/α,β-unsaturated/α-hetero) is 1. The Morgan fingerprint density at radius 3 is 2.47 bits per heavy atom. The third kappa shape index (κ3) is 5.10. The molecule has 30 heavy (non-hydrogen) atoms. The number of ether oxygens (including phenoxy) is 2. The van der Waals surface area contributed by atoms with Gasteiger partial charge in [0, 0.05) is 22.3 Å². The van der Waals surface area contributed by atoms with E-state index in [-0.39, 0.29) is 24.6 Å². The maximum absolute atomic E-state index is 12.6. The van der Waals surface area contributed by atoms with Crippen LogP contribution in [0.2, 0.25) is 0 Å². The van der Waals surface area contributed by atoms with Crippen molar-refractivity contribution in [3.63, 3.8) is 0 Å². The highest BCUT2D eigenvalue weighted by atomic mass is 32.1. The Morgan fingerprint density at radius 1 is 1.17 bits per heavy atom. The molecule has 158 valence electrons. The number of nitrogens with zero attached hydrogens (tertiary/aromatic N) is 2. The second kappa shape index (κ2) is 9.17. The average Bonchev–Trinajstić information content (AvgIpc) is 3.23. The monoisotopic (exact) mass is 434 g/mol. The third-order valence-electron chi connectivity index (χ3n) is 4.39. The fraction of sp³-hybridized carbons (Fsp3) is 0.286. The summed E-state index contributed by atoms with van der Waals surface area (Å²) in [5.41, 5.74) is 3.53. The summed E-state index contributed by atoms with van der Waals surface area (Å²) in [6, 6.07) is 7.42. The molecule has 9 heteroatoms. The molecule has 1 aromatic carbocycles. The van der Waals surface area contributed by atoms with Crippen molar-refractivity contribution in [2.75, 3.05) is 6.61 Å². The van der Waals surface area contributed by atoms with E-state index in [1.807, 2.05) is 30.7 Å². The number of thiazole rings is 1. The number of hydrogen-bond acceptors (Lipinski definition) is 6. The Balaban J connectivity index is 1.60. The van der Waals surface area contributed by atoms with Gasteiger partial charge >= 0.3 is 12.6 Å². The van der Waals surface area contributed by atoms with Gasteiger partial charge in [-0.05, 0) is 44.5 Å². The van der Waals surface area contributed by atoms with Crippen molar-refractivity contribution in [1.82, 2.24) is 9.55 Å². The summed E-state index contributed by atoms with van der Waals surface area (Å²) in [6.45, 7) is 2.31. The number of halogens is 2. The van der Waals surface area contributed by atoms with Crippen LogP contribution in [0.1, 0.15) is 33.0 Å². The number of alkyl halides is 2. The number of aryl methyl sites for hydroxylation is 2. The van der Waals surface area contributed by atoms with Gasteiger partial charge in [0.1, 0.15) is 5.75 Å². The predicted octanol–water partition coefficient (Wildman–Crippen LogP) is 4.43. The fourth-order valence-corrected chi connectivity index (χ4v) is 3.93. The van der Waals surface area contributed by atoms with E-state index in [1.165, 1.54) is 35.6 Å². The van der Waals surface area contributed by atoms with Crippen molar-refractivity contribution in [2.45, 2.75) is 33.8 Å². The summed E-state index contributed by atoms with van der Waals surface area (Å²) in [5, 5.41) is 2.71. The first-order valence-corrected chi connectivity index (χ1v) is 9.96. The highest BCUT2D eigenvalue weighted by Gasteiger charge is 2.19. The summed E-state index contributed by atoms with van der Waals surface area (Å²) >= 11 is 1.48. The van der Waals surface area contributed by atoms with Crippen LogP contribution in [0.4, 0.5) is 8.78 Å². The Labute approximate surface area is 176 Å². The van der Waals surface area contributed by atoms with Crippen molar-refractivity contribution in [1.29, 1.82) is 0 Å². The normalized spacial score (nSPS) is 11.0. The van der Waals surface area contributed by atoms with Gasteiger partial charge in [-0.2, -0.15) is 8.78 Å². The lowest BCUT2D eigenvalue weighted by Gasteiger charge is -2.07. The Morgan fingerprint density at radius 2 is 1.87 bits per heavy atom. The molecule has 0 aliphatic carbocycles. The molecule has 0 fully saturated rings. The highest BCUT2D eigenvalue weighted by molar-refractivity contribution is 7.12. The molecule has 0 atom stereocenters. The summed E-state index contributed by atoms with van der Waals surface area (Å²) in [4.78, 5) is 29.1. The summed E-state index contributed by atoms with van der Waals surface area (Å²) in [5.74, 6) is -0.894. The molecule has 3 aromatic rings. The van der Waals surface area contributed by atoms with Crippen molar-refractivity contribution in [3.8, 4) is 10.9 Å². The van der Waals surface area contributed by atoms with Gasteiger partial charge in [0.25, 0.3) is 0 Å². The molecule has 0 radical (unpaired) electrons. The van der Waals surface area contributed by atoms with Gasteiger partial charge in [-0.15, -0.1) is 11.3 Å². The summed E-state index contributed by atoms with van der Waals surface area (Å²) in [7, 11) is 0. The maximum Gasteiger partial charge on any atom is 0.387 e. The zero-order valence-electron chi connectivity index (χ0n) is 16.6. The van der Waals surface area contributed by atoms with Gasteiger partial charge in [0.2, 0.25) is 5.78 Å². The molecule has 0 spiro atoms. The number of aromatic nitrogens is 2. The fourth-order valence-electron chi connectivity index (χ4n) is 3.01. The number of esters is 1. The Hall–Kier alpha value is -3.07. The maximum atomic E-state index is 12.6. The minimum atomic E-state index is -2.91. The smallest absolute Gasteiger partial charge is 0.387 e. The highest BCUT2D eigenvalue weighted by Crippen LogP contribution is 2.24. The molecular formula is C21H20F2N2O4S. The topological polar surface area (TPSA) is 70.4 Å². The summed E-state index contributed by atoms with van der Waals surface area (Å²) < 4.78 is 35.6. The van der Waals surface area contributed by atoms with Crippen molar-refractivity contribution in [3.05, 3.63) is 63.9 Å². The van der Waals surface area contributed by atoms with Crippen LogP contribution >= 0.6 is 11.3 Å². The first-order chi connectivity index (χ1) is 14.2. The number of ketones is 1. The van der Waals surface area contributed by atoms with E-state index in [9.17, 15) is 18.4 Å². The minimum absolute atomic E-state index is 0.00285. The van der Waals surface area contributed by atoms with Crippen LogP contribution < -0.4 is 4.74 Å². The SMILES string of the molecule is Cc1csc(-n2c(C)cc(C(=O)COC(=O)Cc3ccc(OC(F)F)cc3)c2C)n1. The Bertz CT molecular complexity index is 1060. The molecule has 0 aliphatic heterocycles. The largest absolute Gasteiger partial charge is 0.457 e.